The fourth-order valence-corrected chi connectivity index (χ4v) is 2.80. The van der Waals surface area contributed by atoms with Crippen LogP contribution in [0.2, 0.25) is 0 Å². The number of carbonyl (C=O) groups is 1. The summed E-state index contributed by atoms with van der Waals surface area (Å²) in [6.45, 7) is 1.79. The predicted octanol–water partition coefficient (Wildman–Crippen LogP) is 2.69. The van der Waals surface area contributed by atoms with Crippen molar-refractivity contribution < 1.29 is 13.9 Å². The molecule has 2 heterocycles. The Balaban J connectivity index is 1.65. The second-order valence-electron chi connectivity index (χ2n) is 5.47. The molecule has 5 heteroatoms. The molecule has 0 aliphatic carbocycles. The molecule has 22 heavy (non-hydrogen) atoms. The van der Waals surface area contributed by atoms with Gasteiger partial charge < -0.3 is 19.4 Å². The zero-order valence-electron chi connectivity index (χ0n) is 12.6. The molecule has 1 aromatic heterocycles. The van der Waals surface area contributed by atoms with Crippen LogP contribution in [0.15, 0.2) is 47.3 Å². The van der Waals surface area contributed by atoms with Crippen LogP contribution in [0.3, 0.4) is 0 Å². The lowest BCUT2D eigenvalue weighted by atomic mass is 10.0. The van der Waals surface area contributed by atoms with Gasteiger partial charge in [0.1, 0.15) is 12.0 Å². The lowest BCUT2D eigenvalue weighted by molar-refractivity contribution is 0.0932. The van der Waals surface area contributed by atoms with E-state index in [4.69, 9.17) is 9.15 Å². The Bertz CT molecular complexity index is 625. The molecule has 3 rings (SSSR count). The van der Waals surface area contributed by atoms with Gasteiger partial charge in [-0.15, -0.1) is 0 Å². The minimum Gasteiger partial charge on any atom is -0.497 e. The van der Waals surface area contributed by atoms with Gasteiger partial charge in [0, 0.05) is 30.9 Å². The predicted molar refractivity (Wildman–Crippen MR) is 84.4 cm³/mol. The van der Waals surface area contributed by atoms with Crippen molar-refractivity contribution in [3.8, 4) is 5.75 Å². The lowest BCUT2D eigenvalue weighted by Crippen LogP contribution is -2.47. The van der Waals surface area contributed by atoms with E-state index in [0.717, 1.165) is 37.4 Å². The van der Waals surface area contributed by atoms with Crippen LogP contribution in [-0.4, -0.2) is 32.1 Å². The van der Waals surface area contributed by atoms with Crippen molar-refractivity contribution in [3.63, 3.8) is 0 Å². The Morgan fingerprint density at radius 3 is 3.09 bits per heavy atom. The molecule has 1 fully saturated rings. The minimum atomic E-state index is -0.0776. The average molecular weight is 300 g/mol. The van der Waals surface area contributed by atoms with E-state index in [-0.39, 0.29) is 11.9 Å². The second-order valence-corrected chi connectivity index (χ2v) is 5.47. The van der Waals surface area contributed by atoms with Gasteiger partial charge in [-0.1, -0.05) is 6.07 Å². The third kappa shape index (κ3) is 3.24. The number of furan rings is 1. The molecule has 2 aromatic rings. The summed E-state index contributed by atoms with van der Waals surface area (Å²) in [5.74, 6) is 0.772. The summed E-state index contributed by atoms with van der Waals surface area (Å²) in [6.07, 6.45) is 5.02. The van der Waals surface area contributed by atoms with Crippen molar-refractivity contribution in [1.29, 1.82) is 0 Å². The molecule has 1 N–H and O–H groups in total. The van der Waals surface area contributed by atoms with Crippen molar-refractivity contribution in [3.05, 3.63) is 48.4 Å². The monoisotopic (exact) mass is 300 g/mol. The summed E-state index contributed by atoms with van der Waals surface area (Å²) >= 11 is 0. The normalized spacial score (nSPS) is 18.0. The molecular formula is C17H20N2O3. The van der Waals surface area contributed by atoms with Crippen molar-refractivity contribution in [2.75, 3.05) is 25.1 Å². The highest BCUT2D eigenvalue weighted by Crippen LogP contribution is 2.24. The average Bonchev–Trinajstić information content (AvgIpc) is 3.10. The number of hydrogen-bond acceptors (Lipinski definition) is 4. The van der Waals surface area contributed by atoms with Crippen molar-refractivity contribution >= 4 is 11.6 Å². The third-order valence-electron chi connectivity index (χ3n) is 3.96. The van der Waals surface area contributed by atoms with E-state index in [9.17, 15) is 4.79 Å². The number of rotatable bonds is 4. The molecule has 1 atom stereocenters. The highest BCUT2D eigenvalue weighted by molar-refractivity contribution is 5.94. The number of piperidine rings is 1. The number of methoxy groups -OCH3 is 1. The van der Waals surface area contributed by atoms with Crippen LogP contribution >= 0.6 is 0 Å². The van der Waals surface area contributed by atoms with E-state index in [2.05, 4.69) is 16.3 Å². The smallest absolute Gasteiger partial charge is 0.254 e. The van der Waals surface area contributed by atoms with Crippen LogP contribution in [0, 0.1) is 0 Å². The van der Waals surface area contributed by atoms with Crippen molar-refractivity contribution in [2.24, 2.45) is 0 Å². The lowest BCUT2D eigenvalue weighted by Gasteiger charge is -2.34. The van der Waals surface area contributed by atoms with Crippen LogP contribution in [0.1, 0.15) is 23.2 Å². The molecule has 1 aliphatic heterocycles. The van der Waals surface area contributed by atoms with Gasteiger partial charge in [-0.25, -0.2) is 0 Å². The fourth-order valence-electron chi connectivity index (χ4n) is 2.80. The summed E-state index contributed by atoms with van der Waals surface area (Å²) in [4.78, 5) is 14.4. The van der Waals surface area contributed by atoms with Crippen molar-refractivity contribution in [1.82, 2.24) is 5.32 Å². The SMILES string of the molecule is COc1cccc(N2CCCC(NC(=O)c3ccoc3)C2)c1. The molecule has 1 aromatic carbocycles. The van der Waals surface area contributed by atoms with Crippen LogP contribution in [0.25, 0.3) is 0 Å². The Hall–Kier alpha value is -2.43. The largest absolute Gasteiger partial charge is 0.497 e. The van der Waals surface area contributed by atoms with E-state index in [1.807, 2.05) is 18.2 Å². The summed E-state index contributed by atoms with van der Waals surface area (Å²) in [7, 11) is 1.67. The van der Waals surface area contributed by atoms with Gasteiger partial charge in [0.2, 0.25) is 0 Å². The number of ether oxygens (including phenoxy) is 1. The highest BCUT2D eigenvalue weighted by Gasteiger charge is 2.22. The molecule has 1 aliphatic rings. The van der Waals surface area contributed by atoms with Crippen molar-refractivity contribution in [2.45, 2.75) is 18.9 Å². The summed E-state index contributed by atoms with van der Waals surface area (Å²) in [5, 5.41) is 3.08. The van der Waals surface area contributed by atoms with Crippen LogP contribution in [0.4, 0.5) is 5.69 Å². The molecule has 116 valence electrons. The summed E-state index contributed by atoms with van der Waals surface area (Å²) < 4.78 is 10.2. The van der Waals surface area contributed by atoms with E-state index < -0.39 is 0 Å². The van der Waals surface area contributed by atoms with E-state index in [1.165, 1.54) is 12.5 Å². The first-order valence-corrected chi connectivity index (χ1v) is 7.48. The van der Waals surface area contributed by atoms with Crippen LogP contribution < -0.4 is 15.0 Å². The number of amides is 1. The maximum atomic E-state index is 12.1. The molecule has 5 nitrogen and oxygen atoms in total. The first kappa shape index (κ1) is 14.5. The van der Waals surface area contributed by atoms with E-state index >= 15 is 0 Å². The maximum absolute atomic E-state index is 12.1. The molecular weight excluding hydrogens is 280 g/mol. The van der Waals surface area contributed by atoms with E-state index in [0.29, 0.717) is 5.56 Å². The number of carbonyl (C=O) groups excluding carboxylic acids is 1. The van der Waals surface area contributed by atoms with Gasteiger partial charge in [-0.2, -0.15) is 0 Å². The molecule has 1 unspecified atom stereocenters. The van der Waals surface area contributed by atoms with Gasteiger partial charge in [0.25, 0.3) is 5.91 Å². The highest BCUT2D eigenvalue weighted by atomic mass is 16.5. The Morgan fingerprint density at radius 2 is 2.32 bits per heavy atom. The Kier molecular flexibility index (Phi) is 4.32. The van der Waals surface area contributed by atoms with Crippen LogP contribution in [-0.2, 0) is 0 Å². The fraction of sp³-hybridized carbons (Fsp3) is 0.353. The van der Waals surface area contributed by atoms with Gasteiger partial charge in [-0.05, 0) is 31.0 Å². The molecule has 0 spiro atoms. The number of benzene rings is 1. The Labute approximate surface area is 129 Å². The van der Waals surface area contributed by atoms with Gasteiger partial charge in [0.05, 0.1) is 18.9 Å². The zero-order valence-corrected chi connectivity index (χ0v) is 12.6. The molecule has 1 amide bonds. The standard InChI is InChI=1S/C17H20N2O3/c1-21-16-6-2-5-15(10-16)19-8-3-4-14(11-19)18-17(20)13-7-9-22-12-13/h2,5-7,9-10,12,14H,3-4,8,11H2,1H3,(H,18,20). The molecule has 0 saturated carbocycles. The number of nitrogens with one attached hydrogen (secondary N) is 1. The quantitative estimate of drug-likeness (QED) is 0.943. The van der Waals surface area contributed by atoms with E-state index in [1.54, 1.807) is 13.2 Å². The zero-order chi connectivity index (χ0) is 15.4. The second kappa shape index (κ2) is 6.56. The Morgan fingerprint density at radius 1 is 1.41 bits per heavy atom. The van der Waals surface area contributed by atoms with Crippen LogP contribution in [0.5, 0.6) is 5.75 Å². The number of nitrogens with zero attached hydrogens (tertiary/aromatic N) is 1. The van der Waals surface area contributed by atoms with Gasteiger partial charge >= 0.3 is 0 Å². The topological polar surface area (TPSA) is 54.7 Å². The minimum absolute atomic E-state index is 0.0776. The van der Waals surface area contributed by atoms with Gasteiger partial charge in [0.15, 0.2) is 0 Å². The molecule has 0 bridgehead atoms. The third-order valence-corrected chi connectivity index (χ3v) is 3.96. The van der Waals surface area contributed by atoms with Gasteiger partial charge in [-0.3, -0.25) is 4.79 Å². The first-order valence-electron chi connectivity index (χ1n) is 7.48. The number of anilines is 1. The summed E-state index contributed by atoms with van der Waals surface area (Å²) in [6, 6.07) is 9.84. The summed E-state index contributed by atoms with van der Waals surface area (Å²) in [5.41, 5.74) is 1.69. The molecule has 0 radical (unpaired) electrons. The maximum Gasteiger partial charge on any atom is 0.254 e. The first-order chi connectivity index (χ1) is 10.8. The molecule has 1 saturated heterocycles. The number of hydrogen-bond donors (Lipinski definition) is 1.